The molecule has 0 saturated carbocycles. The molecule has 0 bridgehead atoms. The summed E-state index contributed by atoms with van der Waals surface area (Å²) in [4.78, 5) is 0. The van der Waals surface area contributed by atoms with Crippen molar-refractivity contribution in [2.75, 3.05) is 6.54 Å². The Morgan fingerprint density at radius 2 is 1.72 bits per heavy atom. The van der Waals surface area contributed by atoms with Crippen LogP contribution in [0.5, 0.6) is 0 Å². The molecule has 0 amide bonds. The maximum absolute atomic E-state index is 6.18. The maximum Gasteiger partial charge on any atom is 0.0913 e. The third-order valence-corrected chi connectivity index (χ3v) is 6.18. The van der Waals surface area contributed by atoms with Gasteiger partial charge >= 0.3 is 0 Å². The van der Waals surface area contributed by atoms with Gasteiger partial charge in [-0.25, -0.2) is 5.32 Å². The van der Waals surface area contributed by atoms with E-state index in [4.69, 9.17) is 10.1 Å². The quantitative estimate of drug-likeness (QED) is 0.475. The lowest BCUT2D eigenvalue weighted by atomic mass is 9.95. The summed E-state index contributed by atoms with van der Waals surface area (Å²) in [6, 6.07) is 17.4. The molecular formula is C25H28BrN2O. The van der Waals surface area contributed by atoms with Crippen LogP contribution in [0.15, 0.2) is 59.2 Å². The molecule has 2 aromatic carbocycles. The summed E-state index contributed by atoms with van der Waals surface area (Å²) in [5.74, 6) is 0. The van der Waals surface area contributed by atoms with E-state index in [1.165, 1.54) is 33.5 Å². The summed E-state index contributed by atoms with van der Waals surface area (Å²) in [5, 5.41) is 5.04. The van der Waals surface area contributed by atoms with E-state index in [-0.39, 0.29) is 18.2 Å². The van der Waals surface area contributed by atoms with Crippen LogP contribution >= 0.6 is 15.9 Å². The smallest absolute Gasteiger partial charge is 0.0913 e. The number of morpholine rings is 1. The Hall–Kier alpha value is -1.88. The minimum Gasteiger partial charge on any atom is -0.372 e. The predicted octanol–water partition coefficient (Wildman–Crippen LogP) is 6.04. The molecule has 1 aliphatic heterocycles. The zero-order chi connectivity index (χ0) is 20.5. The molecule has 0 spiro atoms. The highest BCUT2D eigenvalue weighted by molar-refractivity contribution is 9.10. The fraction of sp³-hybridized carbons (Fsp3) is 0.360. The molecule has 1 aromatic heterocycles. The van der Waals surface area contributed by atoms with Gasteiger partial charge in [0.2, 0.25) is 0 Å². The van der Waals surface area contributed by atoms with E-state index in [1.807, 2.05) is 0 Å². The highest BCUT2D eigenvalue weighted by Gasteiger charge is 2.33. The van der Waals surface area contributed by atoms with Crippen LogP contribution in [0.3, 0.4) is 0 Å². The van der Waals surface area contributed by atoms with Gasteiger partial charge in [-0.15, -0.1) is 0 Å². The van der Waals surface area contributed by atoms with Crippen molar-refractivity contribution in [2.24, 2.45) is 0 Å². The van der Waals surface area contributed by atoms with Crippen molar-refractivity contribution in [3.63, 3.8) is 0 Å². The van der Waals surface area contributed by atoms with Crippen molar-refractivity contribution in [1.82, 2.24) is 9.88 Å². The molecule has 3 unspecified atom stereocenters. The van der Waals surface area contributed by atoms with E-state index >= 15 is 0 Å². The highest BCUT2D eigenvalue weighted by Crippen LogP contribution is 2.37. The van der Waals surface area contributed by atoms with Crippen LogP contribution in [-0.4, -0.2) is 23.3 Å². The molecule has 3 nitrogen and oxygen atoms in total. The van der Waals surface area contributed by atoms with Gasteiger partial charge in [-0.2, -0.15) is 0 Å². The summed E-state index contributed by atoms with van der Waals surface area (Å²) in [6.45, 7) is 10.1. The molecule has 0 N–H and O–H groups in total. The first-order chi connectivity index (χ1) is 13.9. The van der Waals surface area contributed by atoms with Crippen molar-refractivity contribution in [3.8, 4) is 11.1 Å². The van der Waals surface area contributed by atoms with E-state index < -0.39 is 0 Å². The Bertz CT molecular complexity index is 975. The van der Waals surface area contributed by atoms with Gasteiger partial charge in [-0.05, 0) is 56.5 Å². The number of hydrogen-bond donors (Lipinski definition) is 0. The van der Waals surface area contributed by atoms with Gasteiger partial charge < -0.3 is 9.30 Å². The summed E-state index contributed by atoms with van der Waals surface area (Å²) < 4.78 is 9.65. The molecule has 4 rings (SSSR count). The largest absolute Gasteiger partial charge is 0.372 e. The molecule has 1 saturated heterocycles. The second-order valence-electron chi connectivity index (χ2n) is 8.15. The molecule has 1 aliphatic rings. The van der Waals surface area contributed by atoms with Gasteiger partial charge in [0.15, 0.2) is 0 Å². The number of aryl methyl sites for hydroxylation is 2. The standard InChI is InChI=1S/C25H28BrN2O/c1-16-5-9-21(10-6-16)23-17(2)14-28(15-20-7-11-22(26)12-8-20)25(23)24-19(4)29-18(3)13-27-24/h5-12,14,18-19,24H,13,15H2,1-4H3. The van der Waals surface area contributed by atoms with Gasteiger partial charge in [0.25, 0.3) is 0 Å². The summed E-state index contributed by atoms with van der Waals surface area (Å²) >= 11 is 3.54. The van der Waals surface area contributed by atoms with Crippen LogP contribution in [0.1, 0.15) is 42.3 Å². The first-order valence-corrected chi connectivity index (χ1v) is 11.0. The number of benzene rings is 2. The number of nitrogens with zero attached hydrogens (tertiary/aromatic N) is 2. The predicted molar refractivity (Wildman–Crippen MR) is 122 cm³/mol. The van der Waals surface area contributed by atoms with Crippen LogP contribution in [0.25, 0.3) is 11.1 Å². The van der Waals surface area contributed by atoms with Gasteiger partial charge in [0, 0.05) is 35.0 Å². The van der Waals surface area contributed by atoms with Crippen molar-refractivity contribution in [3.05, 3.63) is 81.6 Å². The van der Waals surface area contributed by atoms with E-state index in [0.29, 0.717) is 0 Å². The lowest BCUT2D eigenvalue weighted by Crippen LogP contribution is -2.41. The summed E-state index contributed by atoms with van der Waals surface area (Å²) in [5.41, 5.74) is 7.63. The number of aromatic nitrogens is 1. The van der Waals surface area contributed by atoms with Crippen molar-refractivity contribution >= 4 is 15.9 Å². The lowest BCUT2D eigenvalue weighted by Gasteiger charge is -2.34. The minimum absolute atomic E-state index is 0.0339. The van der Waals surface area contributed by atoms with Crippen LogP contribution in [0.2, 0.25) is 0 Å². The Kier molecular flexibility index (Phi) is 5.95. The molecule has 3 aromatic rings. The van der Waals surface area contributed by atoms with Crippen LogP contribution in [0.4, 0.5) is 0 Å². The summed E-state index contributed by atoms with van der Waals surface area (Å²) in [7, 11) is 0. The normalized spacial score (nSPS) is 22.0. The number of ether oxygens (including phenoxy) is 1. The Morgan fingerprint density at radius 3 is 2.38 bits per heavy atom. The monoisotopic (exact) mass is 451 g/mol. The Morgan fingerprint density at radius 1 is 1.03 bits per heavy atom. The van der Waals surface area contributed by atoms with E-state index in [0.717, 1.165) is 17.6 Å². The lowest BCUT2D eigenvalue weighted by molar-refractivity contribution is -0.0479. The van der Waals surface area contributed by atoms with Gasteiger partial charge in [-0.1, -0.05) is 57.9 Å². The van der Waals surface area contributed by atoms with Gasteiger partial charge in [-0.3, -0.25) is 0 Å². The highest BCUT2D eigenvalue weighted by atomic mass is 79.9. The molecular weight excluding hydrogens is 424 g/mol. The number of hydrogen-bond acceptors (Lipinski definition) is 1. The third-order valence-electron chi connectivity index (χ3n) is 5.65. The molecule has 3 atom stereocenters. The number of halogens is 1. The zero-order valence-corrected chi connectivity index (χ0v) is 19.1. The van der Waals surface area contributed by atoms with Crippen LogP contribution in [0, 0.1) is 13.8 Å². The van der Waals surface area contributed by atoms with Gasteiger partial charge in [0.05, 0.1) is 18.2 Å². The average molecular weight is 452 g/mol. The van der Waals surface area contributed by atoms with E-state index in [2.05, 4.69) is 103 Å². The van der Waals surface area contributed by atoms with E-state index in [1.54, 1.807) is 0 Å². The molecule has 1 radical (unpaired) electrons. The molecule has 29 heavy (non-hydrogen) atoms. The van der Waals surface area contributed by atoms with Crippen LogP contribution in [-0.2, 0) is 11.3 Å². The SMILES string of the molecule is Cc1ccc(-c2c(C)cn(Cc3ccc(Br)cc3)c2C2[N]CC(C)OC2C)cc1. The molecule has 1 fully saturated rings. The second-order valence-corrected chi connectivity index (χ2v) is 9.07. The fourth-order valence-electron chi connectivity index (χ4n) is 4.25. The molecule has 151 valence electrons. The first kappa shape index (κ1) is 20.4. The second kappa shape index (κ2) is 8.47. The average Bonchev–Trinajstić information content (AvgIpc) is 3.00. The van der Waals surface area contributed by atoms with Crippen molar-refractivity contribution in [1.29, 1.82) is 0 Å². The third kappa shape index (κ3) is 4.35. The Balaban J connectivity index is 1.81. The summed E-state index contributed by atoms with van der Waals surface area (Å²) in [6.07, 6.45) is 2.51. The molecule has 2 heterocycles. The van der Waals surface area contributed by atoms with Crippen molar-refractivity contribution < 1.29 is 4.74 Å². The van der Waals surface area contributed by atoms with E-state index in [9.17, 15) is 0 Å². The molecule has 0 aliphatic carbocycles. The topological polar surface area (TPSA) is 28.3 Å². The molecule has 4 heteroatoms. The number of rotatable bonds is 4. The Labute approximate surface area is 182 Å². The van der Waals surface area contributed by atoms with Crippen molar-refractivity contribution in [2.45, 2.75) is 52.5 Å². The van der Waals surface area contributed by atoms with Gasteiger partial charge in [0.1, 0.15) is 0 Å². The fourth-order valence-corrected chi connectivity index (χ4v) is 4.51. The minimum atomic E-state index is 0.0339. The van der Waals surface area contributed by atoms with Crippen LogP contribution < -0.4 is 5.32 Å². The maximum atomic E-state index is 6.18. The first-order valence-electron chi connectivity index (χ1n) is 10.3. The zero-order valence-electron chi connectivity index (χ0n) is 17.5.